The van der Waals surface area contributed by atoms with Gasteiger partial charge >= 0.3 is 5.97 Å². The molecule has 1 atom stereocenters. The van der Waals surface area contributed by atoms with E-state index in [1.54, 1.807) is 0 Å². The van der Waals surface area contributed by atoms with Gasteiger partial charge in [0.15, 0.2) is 0 Å². The van der Waals surface area contributed by atoms with Gasteiger partial charge in [0.25, 0.3) is 5.91 Å². The minimum Gasteiger partial charge on any atom is -0.480 e. The van der Waals surface area contributed by atoms with Crippen molar-refractivity contribution < 1.29 is 19.5 Å². The van der Waals surface area contributed by atoms with Crippen LogP contribution in [0.15, 0.2) is 5.10 Å². The number of rotatable bonds is 5. The molecule has 0 bridgehead atoms. The quantitative estimate of drug-likeness (QED) is 0.720. The summed E-state index contributed by atoms with van der Waals surface area (Å²) in [5.74, 6) is -1.74. The fourth-order valence-corrected chi connectivity index (χ4v) is 1.62. The summed E-state index contributed by atoms with van der Waals surface area (Å²) in [6.07, 6.45) is 1.48. The van der Waals surface area contributed by atoms with Crippen LogP contribution in [0.5, 0.6) is 0 Å². The molecule has 0 aliphatic carbocycles. The highest BCUT2D eigenvalue weighted by atomic mass is 16.4. The minimum atomic E-state index is -1.06. The molecule has 0 unspecified atom stereocenters. The molecule has 2 amide bonds. The molecule has 0 aromatic heterocycles. The van der Waals surface area contributed by atoms with E-state index in [9.17, 15) is 14.4 Å². The zero-order valence-electron chi connectivity index (χ0n) is 10.5. The highest BCUT2D eigenvalue weighted by molar-refractivity contribution is 6.39. The highest BCUT2D eigenvalue weighted by Crippen LogP contribution is 2.07. The Kier molecular flexibility index (Phi) is 4.82. The maximum Gasteiger partial charge on any atom is 0.326 e. The van der Waals surface area contributed by atoms with Crippen molar-refractivity contribution in [3.63, 3.8) is 0 Å². The number of hydrogen-bond acceptors (Lipinski definition) is 4. The molecular formula is C11H17N3O4. The Hall–Kier alpha value is -1.92. The molecule has 2 N–H and O–H groups in total. The Bertz CT molecular complexity index is 392. The highest BCUT2D eigenvalue weighted by Gasteiger charge is 2.25. The molecule has 7 nitrogen and oxygen atoms in total. The first-order chi connectivity index (χ1) is 8.45. The predicted octanol–water partition coefficient (Wildman–Crippen LogP) is -0.0359. The molecule has 100 valence electrons. The van der Waals surface area contributed by atoms with Gasteiger partial charge in [-0.3, -0.25) is 9.59 Å². The van der Waals surface area contributed by atoms with Crippen molar-refractivity contribution in [1.82, 2.24) is 10.3 Å². The van der Waals surface area contributed by atoms with Gasteiger partial charge in [0.1, 0.15) is 11.8 Å². The van der Waals surface area contributed by atoms with E-state index >= 15 is 0 Å². The van der Waals surface area contributed by atoms with Crippen molar-refractivity contribution >= 4 is 23.5 Å². The summed E-state index contributed by atoms with van der Waals surface area (Å²) < 4.78 is 0. The molecule has 1 rings (SSSR count). The lowest BCUT2D eigenvalue weighted by Gasteiger charge is -2.20. The van der Waals surface area contributed by atoms with Gasteiger partial charge in [0.05, 0.1) is 0 Å². The number of carboxylic acid groups (broad SMARTS) is 1. The molecule has 1 aliphatic heterocycles. The van der Waals surface area contributed by atoms with Crippen LogP contribution in [0, 0.1) is 0 Å². The Morgan fingerprint density at radius 3 is 2.67 bits per heavy atom. The van der Waals surface area contributed by atoms with Crippen LogP contribution >= 0.6 is 0 Å². The topological polar surface area (TPSA) is 99.1 Å². The van der Waals surface area contributed by atoms with E-state index < -0.39 is 17.9 Å². The minimum absolute atomic E-state index is 0.158. The van der Waals surface area contributed by atoms with Gasteiger partial charge in [0, 0.05) is 19.9 Å². The molecule has 1 aliphatic rings. The molecule has 0 saturated heterocycles. The number of carbonyl (C=O) groups is 3. The maximum atomic E-state index is 11.8. The summed E-state index contributed by atoms with van der Waals surface area (Å²) in [7, 11) is 1.47. The molecule has 1 heterocycles. The lowest BCUT2D eigenvalue weighted by Crippen LogP contribution is -2.45. The van der Waals surface area contributed by atoms with Crippen LogP contribution in [-0.2, 0) is 14.4 Å². The van der Waals surface area contributed by atoms with Crippen molar-refractivity contribution in [1.29, 1.82) is 0 Å². The van der Waals surface area contributed by atoms with Gasteiger partial charge in [-0.2, -0.15) is 5.10 Å². The van der Waals surface area contributed by atoms with Crippen LogP contribution in [0.4, 0.5) is 0 Å². The van der Waals surface area contributed by atoms with Crippen LogP contribution < -0.4 is 5.32 Å². The summed E-state index contributed by atoms with van der Waals surface area (Å²) in [6.45, 7) is 1.84. The Morgan fingerprint density at radius 1 is 1.50 bits per heavy atom. The zero-order chi connectivity index (χ0) is 13.7. The zero-order valence-corrected chi connectivity index (χ0v) is 10.5. The van der Waals surface area contributed by atoms with Gasteiger partial charge in [-0.05, 0) is 6.42 Å². The number of hydrogen-bond donors (Lipinski definition) is 2. The van der Waals surface area contributed by atoms with E-state index in [1.165, 1.54) is 7.05 Å². The number of carboxylic acids is 1. The van der Waals surface area contributed by atoms with Crippen molar-refractivity contribution in [2.45, 2.75) is 38.6 Å². The summed E-state index contributed by atoms with van der Waals surface area (Å²) in [5, 5.41) is 16.3. The maximum absolute atomic E-state index is 11.8. The average Bonchev–Trinajstić information content (AvgIpc) is 2.31. The average molecular weight is 255 g/mol. The Balaban J connectivity index is 2.67. The summed E-state index contributed by atoms with van der Waals surface area (Å²) in [6, 6.07) is -0.909. The first-order valence-electron chi connectivity index (χ1n) is 5.83. The third-order valence-corrected chi connectivity index (χ3v) is 2.65. The standard InChI is InChI=1S/C11H17N3O4/c1-3-4-8(11(17)18)12-10(16)7-5-6-9(15)14(2)13-7/h8H,3-6H2,1-2H3,(H,12,16)(H,17,18)/t8-/m1/s1. The molecule has 0 radical (unpaired) electrons. The summed E-state index contributed by atoms with van der Waals surface area (Å²) in [5.41, 5.74) is 0.194. The number of aliphatic carboxylic acids is 1. The molecular weight excluding hydrogens is 238 g/mol. The van der Waals surface area contributed by atoms with Gasteiger partial charge in [0.2, 0.25) is 5.91 Å². The fourth-order valence-electron chi connectivity index (χ4n) is 1.62. The number of carbonyl (C=O) groups excluding carboxylic acids is 2. The van der Waals surface area contributed by atoms with Gasteiger partial charge < -0.3 is 10.4 Å². The Labute approximate surface area is 105 Å². The monoisotopic (exact) mass is 255 g/mol. The third-order valence-electron chi connectivity index (χ3n) is 2.65. The fraction of sp³-hybridized carbons (Fsp3) is 0.636. The first kappa shape index (κ1) is 14.1. The van der Waals surface area contributed by atoms with E-state index in [1.807, 2.05) is 6.92 Å². The molecule has 0 aromatic rings. The molecule has 0 spiro atoms. The Morgan fingerprint density at radius 2 is 2.17 bits per heavy atom. The number of nitrogens with one attached hydrogen (secondary N) is 1. The number of nitrogens with zero attached hydrogens (tertiary/aromatic N) is 2. The van der Waals surface area contributed by atoms with E-state index in [0.717, 1.165) is 5.01 Å². The van der Waals surface area contributed by atoms with E-state index in [4.69, 9.17) is 5.11 Å². The van der Waals surface area contributed by atoms with Crippen LogP contribution in [0.3, 0.4) is 0 Å². The second-order valence-corrected chi connectivity index (χ2v) is 4.12. The third kappa shape index (κ3) is 3.54. The lowest BCUT2D eigenvalue weighted by atomic mass is 10.1. The van der Waals surface area contributed by atoms with Crippen LogP contribution in [0.2, 0.25) is 0 Å². The van der Waals surface area contributed by atoms with Gasteiger partial charge in [-0.1, -0.05) is 13.3 Å². The van der Waals surface area contributed by atoms with Crippen molar-refractivity contribution in [3.05, 3.63) is 0 Å². The van der Waals surface area contributed by atoms with Gasteiger partial charge in [-0.15, -0.1) is 0 Å². The van der Waals surface area contributed by atoms with Crippen molar-refractivity contribution in [2.75, 3.05) is 7.05 Å². The first-order valence-corrected chi connectivity index (χ1v) is 5.83. The SMILES string of the molecule is CCC[C@@H](NC(=O)C1=NN(C)C(=O)CC1)C(=O)O. The van der Waals surface area contributed by atoms with Gasteiger partial charge in [-0.25, -0.2) is 9.80 Å². The normalized spacial score (nSPS) is 17.1. The predicted molar refractivity (Wildman–Crippen MR) is 63.9 cm³/mol. The summed E-state index contributed by atoms with van der Waals surface area (Å²) >= 11 is 0. The second kappa shape index (κ2) is 6.13. The second-order valence-electron chi connectivity index (χ2n) is 4.12. The van der Waals surface area contributed by atoms with Crippen LogP contribution in [0.1, 0.15) is 32.6 Å². The molecule has 7 heteroatoms. The molecule has 18 heavy (non-hydrogen) atoms. The molecule has 0 fully saturated rings. The van der Waals surface area contributed by atoms with Crippen LogP contribution in [0.25, 0.3) is 0 Å². The lowest BCUT2D eigenvalue weighted by molar-refractivity contribution is -0.141. The van der Waals surface area contributed by atoms with Crippen molar-refractivity contribution in [2.24, 2.45) is 5.10 Å². The smallest absolute Gasteiger partial charge is 0.326 e. The van der Waals surface area contributed by atoms with E-state index in [2.05, 4.69) is 10.4 Å². The van der Waals surface area contributed by atoms with Crippen LogP contribution in [-0.4, -0.2) is 46.7 Å². The summed E-state index contributed by atoms with van der Waals surface area (Å²) in [4.78, 5) is 33.9. The van der Waals surface area contributed by atoms with E-state index in [-0.39, 0.29) is 24.5 Å². The number of amides is 2. The van der Waals surface area contributed by atoms with E-state index in [0.29, 0.717) is 12.8 Å². The largest absolute Gasteiger partial charge is 0.480 e. The van der Waals surface area contributed by atoms with Crippen molar-refractivity contribution in [3.8, 4) is 0 Å². The molecule has 0 aromatic carbocycles. The molecule has 0 saturated carbocycles. The number of hydrazone groups is 1.